The number of nitrogens with one attached hydrogen (secondary N) is 1. The number of carbonyl (C=O) groups excluding carboxylic acids is 1. The van der Waals surface area contributed by atoms with E-state index in [4.69, 9.17) is 14.2 Å². The molecule has 3 aromatic rings. The van der Waals surface area contributed by atoms with Crippen LogP contribution in [0.1, 0.15) is 21.6 Å². The number of hydrogen-bond donors (Lipinski definition) is 1. The van der Waals surface area contributed by atoms with Crippen LogP contribution >= 0.6 is 15.9 Å². The predicted octanol–water partition coefficient (Wildman–Crippen LogP) is 4.41. The number of pyridine rings is 2. The minimum absolute atomic E-state index is 0.0199. The summed E-state index contributed by atoms with van der Waals surface area (Å²) < 4.78 is 84.6. The van der Waals surface area contributed by atoms with Crippen LogP contribution in [0, 0.1) is 0 Å². The zero-order chi connectivity index (χ0) is 25.5. The number of nitrogens with zero attached hydrogens (tertiary/aromatic N) is 2. The molecule has 0 amide bonds. The fourth-order valence-electron chi connectivity index (χ4n) is 3.38. The summed E-state index contributed by atoms with van der Waals surface area (Å²) in [7, 11) is -1.87. The van der Waals surface area contributed by atoms with Gasteiger partial charge in [0.05, 0.1) is 24.3 Å². The quantitative estimate of drug-likeness (QED) is 0.448. The first-order valence-corrected chi connectivity index (χ1v) is 11.9. The summed E-state index contributed by atoms with van der Waals surface area (Å²) >= 11 is 3.17. The number of esters is 1. The first-order valence-electron chi connectivity index (χ1n) is 9.62. The Labute approximate surface area is 205 Å². The van der Waals surface area contributed by atoms with Crippen molar-refractivity contribution in [3.8, 4) is 22.8 Å². The van der Waals surface area contributed by atoms with Crippen molar-refractivity contribution in [2.24, 2.45) is 0 Å². The van der Waals surface area contributed by atoms with Crippen molar-refractivity contribution in [2.45, 2.75) is 17.7 Å². The highest BCUT2D eigenvalue weighted by atomic mass is 79.9. The molecule has 0 spiro atoms. The van der Waals surface area contributed by atoms with Crippen LogP contribution in [-0.4, -0.2) is 38.6 Å². The number of benzene rings is 1. The second-order valence-corrected chi connectivity index (χ2v) is 9.68. The number of alkyl halides is 3. The van der Waals surface area contributed by atoms with E-state index < -0.39 is 39.4 Å². The summed E-state index contributed by atoms with van der Waals surface area (Å²) in [6, 6.07) is 4.38. The van der Waals surface area contributed by atoms with E-state index in [9.17, 15) is 26.4 Å². The molecule has 0 saturated carbocycles. The summed E-state index contributed by atoms with van der Waals surface area (Å²) in [5.74, 6) is -1.16. The molecular formula is C21H15BrF3N3O6S. The van der Waals surface area contributed by atoms with Gasteiger partial charge in [-0.3, -0.25) is 9.71 Å². The van der Waals surface area contributed by atoms with Gasteiger partial charge >= 0.3 is 12.1 Å². The largest absolute Gasteiger partial charge is 0.494 e. The SMILES string of the molecule is COc1ncc2cc1NS(=O)(=O)c1cc(cc(Br)c1OC)C(=O)OCc1cc(C(F)(F)F)ncc1-2. The van der Waals surface area contributed by atoms with E-state index in [-0.39, 0.29) is 44.0 Å². The zero-order valence-corrected chi connectivity index (χ0v) is 20.3. The molecule has 0 atom stereocenters. The molecule has 1 aliphatic rings. The van der Waals surface area contributed by atoms with Gasteiger partial charge in [0, 0.05) is 29.1 Å². The van der Waals surface area contributed by atoms with E-state index in [1.165, 1.54) is 32.5 Å². The Bertz CT molecular complexity index is 1450. The van der Waals surface area contributed by atoms with Crippen molar-refractivity contribution < 1.29 is 40.6 Å². The van der Waals surface area contributed by atoms with E-state index in [1.54, 1.807) is 0 Å². The first-order chi connectivity index (χ1) is 16.4. The number of carbonyl (C=O) groups is 1. The smallest absolute Gasteiger partial charge is 0.433 e. The molecule has 184 valence electrons. The lowest BCUT2D eigenvalue weighted by Gasteiger charge is -2.16. The average molecular weight is 574 g/mol. The molecule has 3 heterocycles. The van der Waals surface area contributed by atoms with Crippen LogP contribution in [0.15, 0.2) is 46.0 Å². The van der Waals surface area contributed by atoms with Gasteiger partial charge in [-0.25, -0.2) is 18.2 Å². The normalized spacial score (nSPS) is 14.9. The van der Waals surface area contributed by atoms with Crippen LogP contribution in [-0.2, 0) is 27.5 Å². The predicted molar refractivity (Wildman–Crippen MR) is 120 cm³/mol. The fourth-order valence-corrected chi connectivity index (χ4v) is 5.40. The maximum Gasteiger partial charge on any atom is 0.433 e. The summed E-state index contributed by atoms with van der Waals surface area (Å²) in [6.45, 7) is -0.555. The Morgan fingerprint density at radius 1 is 1.06 bits per heavy atom. The van der Waals surface area contributed by atoms with Gasteiger partial charge < -0.3 is 14.2 Å². The maximum absolute atomic E-state index is 13.3. The lowest BCUT2D eigenvalue weighted by molar-refractivity contribution is -0.141. The summed E-state index contributed by atoms with van der Waals surface area (Å²) in [6.07, 6.45) is -2.52. The highest BCUT2D eigenvalue weighted by Crippen LogP contribution is 2.38. The number of cyclic esters (lactones) is 1. The van der Waals surface area contributed by atoms with Gasteiger partial charge in [-0.1, -0.05) is 0 Å². The summed E-state index contributed by atoms with van der Waals surface area (Å²) in [5.41, 5.74) is -1.14. The molecule has 0 fully saturated rings. The van der Waals surface area contributed by atoms with Crippen LogP contribution in [0.3, 0.4) is 0 Å². The average Bonchev–Trinajstić information content (AvgIpc) is 2.80. The van der Waals surface area contributed by atoms with E-state index in [2.05, 4.69) is 30.6 Å². The molecule has 0 aliphatic carbocycles. The van der Waals surface area contributed by atoms with Crippen molar-refractivity contribution >= 4 is 37.6 Å². The first kappa shape index (κ1) is 24.7. The number of methoxy groups -OCH3 is 2. The Morgan fingerprint density at radius 3 is 2.46 bits per heavy atom. The number of fused-ring (bicyclic) bond motifs is 6. The Hall–Kier alpha value is -3.39. The van der Waals surface area contributed by atoms with Gasteiger partial charge in [0.1, 0.15) is 22.9 Å². The van der Waals surface area contributed by atoms with Gasteiger partial charge in [-0.2, -0.15) is 13.2 Å². The van der Waals surface area contributed by atoms with Gasteiger partial charge in [-0.15, -0.1) is 0 Å². The molecule has 2 aromatic heterocycles. The number of hydrogen-bond acceptors (Lipinski definition) is 8. The number of sulfonamides is 1. The molecule has 1 aromatic carbocycles. The molecule has 14 heteroatoms. The van der Waals surface area contributed by atoms with Gasteiger partial charge in [0.25, 0.3) is 10.0 Å². The van der Waals surface area contributed by atoms with Crippen LogP contribution < -0.4 is 14.2 Å². The van der Waals surface area contributed by atoms with E-state index in [1.807, 2.05) is 0 Å². The van der Waals surface area contributed by atoms with Crippen molar-refractivity contribution in [2.75, 3.05) is 18.9 Å². The molecule has 4 rings (SSSR count). The molecular weight excluding hydrogens is 559 g/mol. The van der Waals surface area contributed by atoms with Crippen LogP contribution in [0.4, 0.5) is 18.9 Å². The summed E-state index contributed by atoms with van der Waals surface area (Å²) in [5, 5.41) is 0. The summed E-state index contributed by atoms with van der Waals surface area (Å²) in [4.78, 5) is 19.9. The Kier molecular flexibility index (Phi) is 6.36. The van der Waals surface area contributed by atoms with Crippen LogP contribution in [0.25, 0.3) is 11.1 Å². The second kappa shape index (κ2) is 9.00. The van der Waals surface area contributed by atoms with E-state index in [0.717, 1.165) is 18.3 Å². The number of anilines is 1. The van der Waals surface area contributed by atoms with Crippen LogP contribution in [0.2, 0.25) is 0 Å². The molecule has 0 unspecified atom stereocenters. The monoisotopic (exact) mass is 573 g/mol. The Balaban J connectivity index is 2.00. The fraction of sp³-hybridized carbons (Fsp3) is 0.190. The topological polar surface area (TPSA) is 117 Å². The minimum Gasteiger partial charge on any atom is -0.494 e. The highest BCUT2D eigenvalue weighted by Gasteiger charge is 2.34. The molecule has 0 saturated heterocycles. The molecule has 1 N–H and O–H groups in total. The third kappa shape index (κ3) is 4.75. The van der Waals surface area contributed by atoms with Gasteiger partial charge in [-0.05, 0) is 40.2 Å². The van der Waals surface area contributed by atoms with Crippen molar-refractivity contribution in [1.82, 2.24) is 9.97 Å². The van der Waals surface area contributed by atoms with E-state index in [0.29, 0.717) is 0 Å². The third-order valence-corrected chi connectivity index (χ3v) is 6.94. The zero-order valence-electron chi connectivity index (χ0n) is 17.9. The third-order valence-electron chi connectivity index (χ3n) is 4.98. The van der Waals surface area contributed by atoms with Crippen molar-refractivity contribution in [1.29, 1.82) is 0 Å². The minimum atomic E-state index is -4.74. The van der Waals surface area contributed by atoms with Gasteiger partial charge in [0.15, 0.2) is 5.75 Å². The van der Waals surface area contributed by atoms with Crippen molar-refractivity contribution in [3.05, 3.63) is 58.0 Å². The number of rotatable bonds is 2. The number of aromatic nitrogens is 2. The second-order valence-electron chi connectivity index (χ2n) is 7.18. The lowest BCUT2D eigenvalue weighted by Crippen LogP contribution is -2.16. The van der Waals surface area contributed by atoms with Gasteiger partial charge in [0.2, 0.25) is 5.88 Å². The Morgan fingerprint density at radius 2 is 1.80 bits per heavy atom. The maximum atomic E-state index is 13.3. The van der Waals surface area contributed by atoms with Crippen LogP contribution in [0.5, 0.6) is 11.6 Å². The lowest BCUT2D eigenvalue weighted by atomic mass is 10.0. The number of halogens is 4. The molecule has 35 heavy (non-hydrogen) atoms. The molecule has 4 bridgehead atoms. The standard InChI is InChI=1S/C21H15BrF3N3O6S/c1-32-18-14(22)3-10-5-16(18)35(30,31)28-15-4-11(7-27-19(15)33-2)13-8-26-17(21(23,24)25)6-12(13)9-34-20(10)29/h3-8,28H,9H2,1-2H3. The molecule has 1 aliphatic heterocycles. The molecule has 9 nitrogen and oxygen atoms in total. The number of ether oxygens (including phenoxy) is 3. The van der Waals surface area contributed by atoms with Crippen molar-refractivity contribution in [3.63, 3.8) is 0 Å². The highest BCUT2D eigenvalue weighted by molar-refractivity contribution is 9.10. The van der Waals surface area contributed by atoms with E-state index >= 15 is 0 Å². The molecule has 0 radical (unpaired) electrons.